The van der Waals surface area contributed by atoms with E-state index in [0.717, 1.165) is 22.5 Å². The van der Waals surface area contributed by atoms with Crippen LogP contribution in [0.2, 0.25) is 0 Å². The highest BCUT2D eigenvalue weighted by Gasteiger charge is 2.21. The quantitative estimate of drug-likeness (QED) is 0.420. The Labute approximate surface area is 197 Å². The number of pyridine rings is 1. The SMILES string of the molecule is O=C(/C=C/c1cn(-c2ccccc2)nc1-c1cccnc1)N1CCN(c2ccccc2F)CC1. The van der Waals surface area contributed by atoms with E-state index < -0.39 is 0 Å². The fraction of sp³-hybridized carbons (Fsp3) is 0.148. The third-order valence-corrected chi connectivity index (χ3v) is 5.89. The molecule has 170 valence electrons. The molecule has 2 aromatic heterocycles. The predicted molar refractivity (Wildman–Crippen MR) is 131 cm³/mol. The van der Waals surface area contributed by atoms with E-state index in [-0.39, 0.29) is 11.7 Å². The number of amides is 1. The van der Waals surface area contributed by atoms with Crippen LogP contribution in [-0.4, -0.2) is 51.8 Å². The van der Waals surface area contributed by atoms with Crippen LogP contribution in [0.1, 0.15) is 5.56 Å². The number of hydrogen-bond acceptors (Lipinski definition) is 4. The minimum absolute atomic E-state index is 0.0715. The van der Waals surface area contributed by atoms with E-state index in [2.05, 4.69) is 4.98 Å². The molecule has 7 heteroatoms. The zero-order chi connectivity index (χ0) is 23.3. The van der Waals surface area contributed by atoms with Gasteiger partial charge in [-0.25, -0.2) is 9.07 Å². The molecule has 0 N–H and O–H groups in total. The topological polar surface area (TPSA) is 54.3 Å². The van der Waals surface area contributed by atoms with Crippen LogP contribution in [0, 0.1) is 5.82 Å². The van der Waals surface area contributed by atoms with Crippen LogP contribution >= 0.6 is 0 Å². The number of hydrogen-bond donors (Lipinski definition) is 0. The Kier molecular flexibility index (Phi) is 6.16. The molecular weight excluding hydrogens is 429 g/mol. The summed E-state index contributed by atoms with van der Waals surface area (Å²) in [6.45, 7) is 2.26. The molecule has 5 rings (SSSR count). The number of piperazine rings is 1. The highest BCUT2D eigenvalue weighted by atomic mass is 19.1. The van der Waals surface area contributed by atoms with Gasteiger partial charge >= 0.3 is 0 Å². The summed E-state index contributed by atoms with van der Waals surface area (Å²) in [4.78, 5) is 20.9. The summed E-state index contributed by atoms with van der Waals surface area (Å²) in [6, 6.07) is 20.4. The molecule has 6 nitrogen and oxygen atoms in total. The lowest BCUT2D eigenvalue weighted by atomic mass is 10.1. The smallest absolute Gasteiger partial charge is 0.246 e. The van der Waals surface area contributed by atoms with E-state index in [1.54, 1.807) is 46.3 Å². The van der Waals surface area contributed by atoms with Gasteiger partial charge in [-0.05, 0) is 42.5 Å². The van der Waals surface area contributed by atoms with Crippen LogP contribution in [-0.2, 0) is 4.79 Å². The Hall–Kier alpha value is -4.26. The Balaban J connectivity index is 1.33. The van der Waals surface area contributed by atoms with E-state index in [0.29, 0.717) is 31.9 Å². The van der Waals surface area contributed by atoms with Crippen molar-refractivity contribution in [3.63, 3.8) is 0 Å². The number of rotatable bonds is 5. The van der Waals surface area contributed by atoms with E-state index in [1.807, 2.05) is 59.6 Å². The van der Waals surface area contributed by atoms with Crippen molar-refractivity contribution in [2.75, 3.05) is 31.1 Å². The number of para-hydroxylation sites is 2. The zero-order valence-electron chi connectivity index (χ0n) is 18.6. The van der Waals surface area contributed by atoms with Crippen molar-refractivity contribution in [3.8, 4) is 16.9 Å². The number of nitrogens with zero attached hydrogens (tertiary/aromatic N) is 5. The second-order valence-corrected chi connectivity index (χ2v) is 8.05. The number of aromatic nitrogens is 3. The highest BCUT2D eigenvalue weighted by Crippen LogP contribution is 2.25. The Morgan fingerprint density at radius 1 is 0.912 bits per heavy atom. The molecule has 0 spiro atoms. The van der Waals surface area contributed by atoms with E-state index >= 15 is 0 Å². The molecule has 1 fully saturated rings. The molecule has 0 atom stereocenters. The Bertz CT molecular complexity index is 1300. The number of carbonyl (C=O) groups is 1. The lowest BCUT2D eigenvalue weighted by Gasteiger charge is -2.35. The first-order valence-electron chi connectivity index (χ1n) is 11.2. The monoisotopic (exact) mass is 453 g/mol. The van der Waals surface area contributed by atoms with Gasteiger partial charge in [-0.1, -0.05) is 30.3 Å². The molecule has 1 amide bonds. The lowest BCUT2D eigenvalue weighted by Crippen LogP contribution is -2.48. The van der Waals surface area contributed by atoms with Crippen LogP contribution < -0.4 is 4.90 Å². The predicted octanol–water partition coefficient (Wildman–Crippen LogP) is 4.44. The molecule has 1 saturated heterocycles. The van der Waals surface area contributed by atoms with E-state index in [4.69, 9.17) is 5.10 Å². The summed E-state index contributed by atoms with van der Waals surface area (Å²) in [7, 11) is 0. The molecule has 0 bridgehead atoms. The van der Waals surface area contributed by atoms with Gasteiger partial charge in [0.15, 0.2) is 0 Å². The van der Waals surface area contributed by atoms with Crippen molar-refractivity contribution < 1.29 is 9.18 Å². The second kappa shape index (κ2) is 9.70. The maximum atomic E-state index is 14.1. The van der Waals surface area contributed by atoms with Crippen LogP contribution in [0.3, 0.4) is 0 Å². The maximum Gasteiger partial charge on any atom is 0.246 e. The number of carbonyl (C=O) groups excluding carboxylic acids is 1. The van der Waals surface area contributed by atoms with Crippen molar-refractivity contribution in [1.82, 2.24) is 19.7 Å². The molecular formula is C27H24FN5O. The Morgan fingerprint density at radius 3 is 2.41 bits per heavy atom. The fourth-order valence-electron chi connectivity index (χ4n) is 4.09. The van der Waals surface area contributed by atoms with Crippen molar-refractivity contribution in [2.45, 2.75) is 0 Å². The molecule has 3 heterocycles. The summed E-state index contributed by atoms with van der Waals surface area (Å²) >= 11 is 0. The summed E-state index contributed by atoms with van der Waals surface area (Å²) in [5.74, 6) is -0.307. The van der Waals surface area contributed by atoms with Gasteiger partial charge in [-0.2, -0.15) is 5.10 Å². The Morgan fingerprint density at radius 2 is 1.68 bits per heavy atom. The van der Waals surface area contributed by atoms with Crippen LogP contribution in [0.5, 0.6) is 0 Å². The first-order chi connectivity index (χ1) is 16.7. The molecule has 0 radical (unpaired) electrons. The van der Waals surface area contributed by atoms with Gasteiger partial charge in [0, 0.05) is 62.0 Å². The standard InChI is InChI=1S/C27H24FN5O/c28-24-10-4-5-11-25(24)31-15-17-32(18-16-31)26(34)13-12-22-20-33(23-8-2-1-3-9-23)30-27(22)21-7-6-14-29-19-21/h1-14,19-20H,15-18H2/b13-12+. The molecule has 0 unspecified atom stereocenters. The van der Waals surface area contributed by atoms with Gasteiger partial charge in [0.2, 0.25) is 5.91 Å². The van der Waals surface area contributed by atoms with Gasteiger partial charge in [0.1, 0.15) is 11.5 Å². The van der Waals surface area contributed by atoms with E-state index in [9.17, 15) is 9.18 Å². The minimum atomic E-state index is -0.236. The summed E-state index contributed by atoms with van der Waals surface area (Å²) < 4.78 is 15.9. The first kappa shape index (κ1) is 21.6. The van der Waals surface area contributed by atoms with Crippen LogP contribution in [0.15, 0.2) is 91.4 Å². The first-order valence-corrected chi connectivity index (χ1v) is 11.2. The van der Waals surface area contributed by atoms with Gasteiger partial charge < -0.3 is 9.80 Å². The molecule has 0 saturated carbocycles. The number of anilines is 1. The molecule has 2 aromatic carbocycles. The summed E-state index contributed by atoms with van der Waals surface area (Å²) in [5, 5.41) is 4.75. The molecule has 1 aliphatic heterocycles. The molecule has 1 aliphatic rings. The third-order valence-electron chi connectivity index (χ3n) is 5.89. The zero-order valence-corrected chi connectivity index (χ0v) is 18.6. The van der Waals surface area contributed by atoms with Gasteiger partial charge in [0.25, 0.3) is 0 Å². The maximum absolute atomic E-state index is 14.1. The third kappa shape index (κ3) is 4.59. The highest BCUT2D eigenvalue weighted by molar-refractivity contribution is 5.93. The van der Waals surface area contributed by atoms with Crippen molar-refractivity contribution in [2.24, 2.45) is 0 Å². The molecule has 0 aliphatic carbocycles. The van der Waals surface area contributed by atoms with Gasteiger partial charge in [-0.15, -0.1) is 0 Å². The van der Waals surface area contributed by atoms with Crippen molar-refractivity contribution >= 4 is 17.7 Å². The second-order valence-electron chi connectivity index (χ2n) is 8.05. The molecule has 34 heavy (non-hydrogen) atoms. The van der Waals surface area contributed by atoms with Crippen molar-refractivity contribution in [3.05, 3.63) is 103 Å². The average Bonchev–Trinajstić information content (AvgIpc) is 3.33. The number of benzene rings is 2. The van der Waals surface area contributed by atoms with E-state index in [1.165, 1.54) is 6.07 Å². The lowest BCUT2D eigenvalue weighted by molar-refractivity contribution is -0.126. The summed E-state index contributed by atoms with van der Waals surface area (Å²) in [6.07, 6.45) is 8.79. The number of halogens is 1. The normalized spacial score (nSPS) is 14.0. The van der Waals surface area contributed by atoms with Crippen LogP contribution in [0.4, 0.5) is 10.1 Å². The average molecular weight is 454 g/mol. The van der Waals surface area contributed by atoms with Gasteiger partial charge in [-0.3, -0.25) is 9.78 Å². The minimum Gasteiger partial charge on any atom is -0.366 e. The van der Waals surface area contributed by atoms with Crippen LogP contribution in [0.25, 0.3) is 23.0 Å². The largest absolute Gasteiger partial charge is 0.366 e. The van der Waals surface area contributed by atoms with Gasteiger partial charge in [0.05, 0.1) is 11.4 Å². The summed E-state index contributed by atoms with van der Waals surface area (Å²) in [5.41, 5.74) is 3.98. The fourth-order valence-corrected chi connectivity index (χ4v) is 4.09. The molecule has 4 aromatic rings. The van der Waals surface area contributed by atoms with Crippen molar-refractivity contribution in [1.29, 1.82) is 0 Å².